The zero-order chi connectivity index (χ0) is 12.4. The van der Waals surface area contributed by atoms with E-state index in [0.717, 1.165) is 17.1 Å². The fraction of sp³-hybridized carbons (Fsp3) is 0.308. The van der Waals surface area contributed by atoms with Crippen molar-refractivity contribution >= 4 is 11.6 Å². The summed E-state index contributed by atoms with van der Waals surface area (Å²) in [7, 11) is 1.92. The fourth-order valence-corrected chi connectivity index (χ4v) is 2.27. The first-order valence-electron chi connectivity index (χ1n) is 5.52. The number of hydrogen-bond donors (Lipinski definition) is 1. The quantitative estimate of drug-likeness (QED) is 0.909. The topological polar surface area (TPSA) is 38.1 Å². The van der Waals surface area contributed by atoms with Crippen molar-refractivity contribution in [3.63, 3.8) is 0 Å². The van der Waals surface area contributed by atoms with Gasteiger partial charge in [0.15, 0.2) is 5.15 Å². The van der Waals surface area contributed by atoms with Gasteiger partial charge in [0.2, 0.25) is 0 Å². The fourth-order valence-electron chi connectivity index (χ4n) is 1.94. The summed E-state index contributed by atoms with van der Waals surface area (Å²) in [6.07, 6.45) is 0.516. The normalized spacial score (nSPS) is 10.8. The van der Waals surface area contributed by atoms with Crippen molar-refractivity contribution in [1.82, 2.24) is 9.55 Å². The van der Waals surface area contributed by atoms with E-state index < -0.39 is 0 Å². The van der Waals surface area contributed by atoms with Crippen LogP contribution in [0.2, 0.25) is 5.15 Å². The summed E-state index contributed by atoms with van der Waals surface area (Å²) in [4.78, 5) is 4.27. The number of aliphatic hydroxyl groups excluding tert-OH is 1. The van der Waals surface area contributed by atoms with E-state index in [9.17, 15) is 0 Å². The molecule has 1 aromatic heterocycles. The lowest BCUT2D eigenvalue weighted by molar-refractivity contribution is 0.295. The first-order valence-corrected chi connectivity index (χ1v) is 5.90. The molecule has 0 saturated carbocycles. The lowest BCUT2D eigenvalue weighted by Crippen LogP contribution is -2.02. The van der Waals surface area contributed by atoms with Crippen molar-refractivity contribution in [2.24, 2.45) is 7.05 Å². The SMILES string of the molecule is Cc1cccc(-c2c(Cl)nc(CCO)n2C)c1. The number of aromatic nitrogens is 2. The summed E-state index contributed by atoms with van der Waals surface area (Å²) >= 11 is 6.16. The molecule has 1 N–H and O–H groups in total. The molecule has 0 unspecified atom stereocenters. The highest BCUT2D eigenvalue weighted by Crippen LogP contribution is 2.28. The molecule has 0 amide bonds. The Labute approximate surface area is 106 Å². The van der Waals surface area contributed by atoms with Crippen LogP contribution in [-0.2, 0) is 13.5 Å². The first kappa shape index (κ1) is 12.1. The molecule has 0 aliphatic heterocycles. The third kappa shape index (κ3) is 2.35. The van der Waals surface area contributed by atoms with Crippen LogP contribution in [0, 0.1) is 6.92 Å². The van der Waals surface area contributed by atoms with Crippen molar-refractivity contribution in [1.29, 1.82) is 0 Å². The molecule has 0 radical (unpaired) electrons. The number of hydrogen-bond acceptors (Lipinski definition) is 2. The summed E-state index contributed by atoms with van der Waals surface area (Å²) in [6, 6.07) is 8.13. The number of rotatable bonds is 3. The summed E-state index contributed by atoms with van der Waals surface area (Å²) in [5.74, 6) is 0.800. The summed E-state index contributed by atoms with van der Waals surface area (Å²) in [6.45, 7) is 2.12. The second-order valence-corrected chi connectivity index (χ2v) is 4.43. The first-order chi connectivity index (χ1) is 8.13. The van der Waals surface area contributed by atoms with Crippen molar-refractivity contribution in [2.75, 3.05) is 6.61 Å². The highest BCUT2D eigenvalue weighted by Gasteiger charge is 2.14. The van der Waals surface area contributed by atoms with E-state index in [2.05, 4.69) is 11.1 Å². The van der Waals surface area contributed by atoms with Gasteiger partial charge in [-0.1, -0.05) is 35.4 Å². The van der Waals surface area contributed by atoms with E-state index in [1.165, 1.54) is 5.56 Å². The van der Waals surface area contributed by atoms with E-state index in [1.807, 2.05) is 36.7 Å². The molecule has 2 aromatic rings. The Morgan fingerprint density at radius 2 is 2.18 bits per heavy atom. The Bertz CT molecular complexity index is 534. The second-order valence-electron chi connectivity index (χ2n) is 4.07. The molecule has 1 aromatic carbocycles. The van der Waals surface area contributed by atoms with Gasteiger partial charge in [0.1, 0.15) is 5.82 Å². The molecular weight excluding hydrogens is 236 g/mol. The molecule has 0 aliphatic carbocycles. The number of benzene rings is 1. The predicted octanol–water partition coefficient (Wildman–Crippen LogP) is 2.58. The van der Waals surface area contributed by atoms with E-state index in [-0.39, 0.29) is 6.61 Å². The Hall–Kier alpha value is -1.32. The van der Waals surface area contributed by atoms with Gasteiger partial charge < -0.3 is 9.67 Å². The van der Waals surface area contributed by atoms with Crippen molar-refractivity contribution in [2.45, 2.75) is 13.3 Å². The molecule has 0 atom stereocenters. The standard InChI is InChI=1S/C13H15ClN2O/c1-9-4-3-5-10(8-9)12-13(14)15-11(6-7-17)16(12)2/h3-5,8,17H,6-7H2,1-2H3. The molecule has 0 spiro atoms. The zero-order valence-electron chi connectivity index (χ0n) is 9.94. The van der Waals surface area contributed by atoms with E-state index >= 15 is 0 Å². The number of nitrogens with zero attached hydrogens (tertiary/aromatic N) is 2. The van der Waals surface area contributed by atoms with Gasteiger partial charge in [0, 0.05) is 19.0 Å². The smallest absolute Gasteiger partial charge is 0.155 e. The predicted molar refractivity (Wildman–Crippen MR) is 69.2 cm³/mol. The van der Waals surface area contributed by atoms with Gasteiger partial charge >= 0.3 is 0 Å². The van der Waals surface area contributed by atoms with Crippen LogP contribution in [0.4, 0.5) is 0 Å². The van der Waals surface area contributed by atoms with Gasteiger partial charge in [-0.2, -0.15) is 0 Å². The highest BCUT2D eigenvalue weighted by molar-refractivity contribution is 6.32. The molecule has 90 valence electrons. The third-order valence-corrected chi connectivity index (χ3v) is 3.04. The Balaban J connectivity index is 2.52. The molecule has 17 heavy (non-hydrogen) atoms. The molecule has 3 nitrogen and oxygen atoms in total. The van der Waals surface area contributed by atoms with E-state index in [1.54, 1.807) is 0 Å². The van der Waals surface area contributed by atoms with Crippen LogP contribution < -0.4 is 0 Å². The van der Waals surface area contributed by atoms with Gasteiger partial charge in [0.05, 0.1) is 12.3 Å². The van der Waals surface area contributed by atoms with Crippen LogP contribution in [0.15, 0.2) is 24.3 Å². The van der Waals surface area contributed by atoms with Crippen molar-refractivity contribution in [3.8, 4) is 11.3 Å². The Kier molecular flexibility index (Phi) is 3.50. The molecule has 0 bridgehead atoms. The third-order valence-electron chi connectivity index (χ3n) is 2.77. The largest absolute Gasteiger partial charge is 0.396 e. The minimum atomic E-state index is 0.0778. The maximum absolute atomic E-state index is 8.96. The zero-order valence-corrected chi connectivity index (χ0v) is 10.7. The van der Waals surface area contributed by atoms with Gasteiger partial charge in [-0.3, -0.25) is 0 Å². The minimum Gasteiger partial charge on any atom is -0.396 e. The van der Waals surface area contributed by atoms with Gasteiger partial charge in [0.25, 0.3) is 0 Å². The van der Waals surface area contributed by atoms with Gasteiger partial charge in [-0.15, -0.1) is 0 Å². The molecule has 4 heteroatoms. The van der Waals surface area contributed by atoms with Crippen LogP contribution >= 0.6 is 11.6 Å². The molecular formula is C13H15ClN2O. The summed E-state index contributed by atoms with van der Waals surface area (Å²) in [5.41, 5.74) is 3.14. The average molecular weight is 251 g/mol. The van der Waals surface area contributed by atoms with E-state index in [4.69, 9.17) is 16.7 Å². The van der Waals surface area contributed by atoms with Crippen LogP contribution in [0.5, 0.6) is 0 Å². The van der Waals surface area contributed by atoms with Crippen LogP contribution in [0.3, 0.4) is 0 Å². The molecule has 0 aliphatic rings. The Morgan fingerprint density at radius 3 is 2.82 bits per heavy atom. The lowest BCUT2D eigenvalue weighted by Gasteiger charge is -2.06. The number of aryl methyl sites for hydroxylation is 1. The highest BCUT2D eigenvalue weighted by atomic mass is 35.5. The van der Waals surface area contributed by atoms with Crippen LogP contribution in [-0.4, -0.2) is 21.3 Å². The summed E-state index contributed by atoms with van der Waals surface area (Å²) in [5, 5.41) is 9.45. The molecule has 0 fully saturated rings. The van der Waals surface area contributed by atoms with Crippen LogP contribution in [0.25, 0.3) is 11.3 Å². The second kappa shape index (κ2) is 4.90. The van der Waals surface area contributed by atoms with E-state index in [0.29, 0.717) is 11.6 Å². The number of imidazole rings is 1. The summed E-state index contributed by atoms with van der Waals surface area (Å²) < 4.78 is 1.94. The van der Waals surface area contributed by atoms with Gasteiger partial charge in [-0.05, 0) is 13.0 Å². The minimum absolute atomic E-state index is 0.0778. The lowest BCUT2D eigenvalue weighted by atomic mass is 10.1. The number of halogens is 1. The Morgan fingerprint density at radius 1 is 1.41 bits per heavy atom. The van der Waals surface area contributed by atoms with Crippen molar-refractivity contribution in [3.05, 3.63) is 40.8 Å². The maximum Gasteiger partial charge on any atom is 0.155 e. The number of aliphatic hydroxyl groups is 1. The van der Waals surface area contributed by atoms with Crippen LogP contribution in [0.1, 0.15) is 11.4 Å². The molecule has 1 heterocycles. The molecule has 2 rings (SSSR count). The van der Waals surface area contributed by atoms with Crippen molar-refractivity contribution < 1.29 is 5.11 Å². The van der Waals surface area contributed by atoms with Gasteiger partial charge in [-0.25, -0.2) is 4.98 Å². The molecule has 0 saturated heterocycles. The maximum atomic E-state index is 8.96. The average Bonchev–Trinajstić information content (AvgIpc) is 2.55. The monoisotopic (exact) mass is 250 g/mol.